The van der Waals surface area contributed by atoms with Crippen LogP contribution in [0.4, 0.5) is 0 Å². The average Bonchev–Trinajstić information content (AvgIpc) is 2.52. The maximum absolute atomic E-state index is 11.9. The molecule has 6 nitrogen and oxygen atoms in total. The van der Waals surface area contributed by atoms with E-state index in [1.165, 1.54) is 6.08 Å². The lowest BCUT2D eigenvalue weighted by Crippen LogP contribution is -2.32. The molecule has 0 aliphatic rings. The first kappa shape index (κ1) is 17.2. The molecule has 0 fully saturated rings. The van der Waals surface area contributed by atoms with Crippen LogP contribution in [0.2, 0.25) is 0 Å². The molecule has 0 aliphatic heterocycles. The van der Waals surface area contributed by atoms with Gasteiger partial charge in [0.05, 0.1) is 0 Å². The molecule has 1 aromatic rings. The highest BCUT2D eigenvalue weighted by atomic mass is 16.5. The van der Waals surface area contributed by atoms with Gasteiger partial charge in [0, 0.05) is 12.5 Å². The third-order valence-corrected chi connectivity index (χ3v) is 2.65. The maximum Gasteiger partial charge on any atom is 0.441 e. The SMILES string of the molecule is C=CCOC(=O)C(=[N+]=[N-])C(=O)C[C@@H](N)/C=C/c1ccccc1. The van der Waals surface area contributed by atoms with E-state index in [0.29, 0.717) is 0 Å². The summed E-state index contributed by atoms with van der Waals surface area (Å²) in [6.07, 6.45) is 4.57. The van der Waals surface area contributed by atoms with Crippen LogP contribution in [0.5, 0.6) is 0 Å². The van der Waals surface area contributed by atoms with Gasteiger partial charge in [0.1, 0.15) is 6.61 Å². The summed E-state index contributed by atoms with van der Waals surface area (Å²) in [6, 6.07) is 8.80. The molecule has 6 heteroatoms. The van der Waals surface area contributed by atoms with Gasteiger partial charge in [-0.05, 0) is 5.56 Å². The summed E-state index contributed by atoms with van der Waals surface area (Å²) < 4.78 is 4.65. The van der Waals surface area contributed by atoms with E-state index in [1.54, 1.807) is 12.2 Å². The Morgan fingerprint density at radius 2 is 2.05 bits per heavy atom. The van der Waals surface area contributed by atoms with E-state index in [-0.39, 0.29) is 13.0 Å². The fraction of sp³-hybridized carbons (Fsp3) is 0.188. The van der Waals surface area contributed by atoms with Gasteiger partial charge in [-0.2, -0.15) is 4.79 Å². The third kappa shape index (κ3) is 5.66. The first-order valence-electron chi connectivity index (χ1n) is 6.60. The molecule has 0 amide bonds. The van der Waals surface area contributed by atoms with Crippen molar-refractivity contribution in [2.75, 3.05) is 6.61 Å². The van der Waals surface area contributed by atoms with Crippen LogP contribution in [0.1, 0.15) is 12.0 Å². The van der Waals surface area contributed by atoms with Crippen molar-refractivity contribution in [3.63, 3.8) is 0 Å². The molecule has 114 valence electrons. The van der Waals surface area contributed by atoms with Crippen molar-refractivity contribution in [3.05, 3.63) is 60.2 Å². The zero-order valence-corrected chi connectivity index (χ0v) is 12.0. The number of benzene rings is 1. The van der Waals surface area contributed by atoms with Gasteiger partial charge in [-0.25, -0.2) is 4.79 Å². The summed E-state index contributed by atoms with van der Waals surface area (Å²) in [6.45, 7) is 3.29. The molecule has 1 aromatic carbocycles. The summed E-state index contributed by atoms with van der Waals surface area (Å²) in [7, 11) is 0. The molecule has 0 saturated carbocycles. The van der Waals surface area contributed by atoms with Gasteiger partial charge in [-0.3, -0.25) is 4.79 Å². The standard InChI is InChI=1S/C16H17N3O3/c1-2-10-22-16(21)15(19-18)14(20)11-13(17)9-8-12-6-4-3-5-7-12/h2-9,13H,1,10-11,17H2/b9-8+/t13-/m0/s1. The van der Waals surface area contributed by atoms with E-state index in [0.717, 1.165) is 5.56 Å². The number of carbonyl (C=O) groups excluding carboxylic acids is 2. The number of nitrogens with zero attached hydrogens (tertiary/aromatic N) is 2. The fourth-order valence-corrected chi connectivity index (χ4v) is 1.59. The first-order chi connectivity index (χ1) is 10.6. The van der Waals surface area contributed by atoms with Crippen LogP contribution in [0.3, 0.4) is 0 Å². The second-order valence-corrected chi connectivity index (χ2v) is 4.40. The molecule has 22 heavy (non-hydrogen) atoms. The van der Waals surface area contributed by atoms with Gasteiger partial charge in [-0.1, -0.05) is 55.1 Å². The highest BCUT2D eigenvalue weighted by molar-refractivity contribution is 6.62. The van der Waals surface area contributed by atoms with Crippen LogP contribution >= 0.6 is 0 Å². The topological polar surface area (TPSA) is 106 Å². The quantitative estimate of drug-likeness (QED) is 0.195. The largest absolute Gasteiger partial charge is 0.453 e. The van der Waals surface area contributed by atoms with Crippen molar-refractivity contribution in [2.45, 2.75) is 12.5 Å². The normalized spacial score (nSPS) is 11.5. The lowest BCUT2D eigenvalue weighted by atomic mass is 10.1. The average molecular weight is 299 g/mol. The number of carbonyl (C=O) groups is 2. The highest BCUT2D eigenvalue weighted by Gasteiger charge is 2.31. The van der Waals surface area contributed by atoms with E-state index in [1.807, 2.05) is 30.3 Å². The predicted molar refractivity (Wildman–Crippen MR) is 82.9 cm³/mol. The van der Waals surface area contributed by atoms with Crippen LogP contribution in [-0.2, 0) is 14.3 Å². The molecule has 0 heterocycles. The number of esters is 1. The summed E-state index contributed by atoms with van der Waals surface area (Å²) in [4.78, 5) is 26.1. The van der Waals surface area contributed by atoms with Gasteiger partial charge in [0.25, 0.3) is 5.78 Å². The molecule has 0 saturated heterocycles. The van der Waals surface area contributed by atoms with Crippen LogP contribution in [0.25, 0.3) is 11.6 Å². The minimum atomic E-state index is -1.01. The molecular formula is C16H17N3O3. The fourth-order valence-electron chi connectivity index (χ4n) is 1.59. The maximum atomic E-state index is 11.9. The summed E-state index contributed by atoms with van der Waals surface area (Å²) >= 11 is 0. The zero-order chi connectivity index (χ0) is 16.4. The molecule has 1 atom stereocenters. The zero-order valence-electron chi connectivity index (χ0n) is 12.0. The van der Waals surface area contributed by atoms with Crippen LogP contribution in [-0.4, -0.2) is 34.9 Å². The number of ether oxygens (including phenoxy) is 1. The van der Waals surface area contributed by atoms with E-state index < -0.39 is 23.5 Å². The lowest BCUT2D eigenvalue weighted by Gasteiger charge is -2.03. The minimum Gasteiger partial charge on any atom is -0.453 e. The van der Waals surface area contributed by atoms with Crippen LogP contribution < -0.4 is 5.73 Å². The molecule has 0 aliphatic carbocycles. The highest BCUT2D eigenvalue weighted by Crippen LogP contribution is 2.03. The molecule has 0 unspecified atom stereocenters. The Kier molecular flexibility index (Phi) is 7.19. The molecule has 0 bridgehead atoms. The van der Waals surface area contributed by atoms with Crippen molar-refractivity contribution in [1.29, 1.82) is 0 Å². The van der Waals surface area contributed by atoms with Gasteiger partial charge in [-0.15, -0.1) is 0 Å². The van der Waals surface area contributed by atoms with E-state index in [9.17, 15) is 9.59 Å². The van der Waals surface area contributed by atoms with Crippen molar-refractivity contribution in [1.82, 2.24) is 0 Å². The van der Waals surface area contributed by atoms with E-state index in [2.05, 4.69) is 16.1 Å². The van der Waals surface area contributed by atoms with Gasteiger partial charge in [0.15, 0.2) is 0 Å². The molecule has 0 radical (unpaired) electrons. The Balaban J connectivity index is 2.62. The number of hydrogen-bond donors (Lipinski definition) is 1. The van der Waals surface area contributed by atoms with Crippen molar-refractivity contribution in [2.24, 2.45) is 5.73 Å². The second kappa shape index (κ2) is 9.18. The van der Waals surface area contributed by atoms with E-state index in [4.69, 9.17) is 11.3 Å². The molecule has 2 N–H and O–H groups in total. The molecule has 0 aromatic heterocycles. The third-order valence-electron chi connectivity index (χ3n) is 2.65. The monoisotopic (exact) mass is 299 g/mol. The van der Waals surface area contributed by atoms with Gasteiger partial charge in [0.2, 0.25) is 0 Å². The first-order valence-corrected chi connectivity index (χ1v) is 6.60. The Labute approximate surface area is 128 Å². The summed E-state index contributed by atoms with van der Waals surface area (Å²) in [5.74, 6) is -1.70. The van der Waals surface area contributed by atoms with Crippen LogP contribution in [0.15, 0.2) is 49.1 Å². The number of hydrogen-bond acceptors (Lipinski definition) is 4. The van der Waals surface area contributed by atoms with Crippen molar-refractivity contribution >= 4 is 23.5 Å². The molecular weight excluding hydrogens is 282 g/mol. The van der Waals surface area contributed by atoms with Gasteiger partial charge < -0.3 is 16.0 Å². The lowest BCUT2D eigenvalue weighted by molar-refractivity contribution is -0.141. The molecule has 0 spiro atoms. The summed E-state index contributed by atoms with van der Waals surface area (Å²) in [5.41, 5.74) is 14.8. The number of rotatable bonds is 8. The smallest absolute Gasteiger partial charge is 0.441 e. The van der Waals surface area contributed by atoms with Crippen LogP contribution in [0, 0.1) is 0 Å². The van der Waals surface area contributed by atoms with Crippen molar-refractivity contribution in [3.8, 4) is 0 Å². The van der Waals surface area contributed by atoms with E-state index >= 15 is 0 Å². The Bertz CT molecular complexity index is 617. The Morgan fingerprint density at radius 1 is 1.36 bits per heavy atom. The number of nitrogens with two attached hydrogens (primary N) is 1. The van der Waals surface area contributed by atoms with Gasteiger partial charge >= 0.3 is 11.7 Å². The second-order valence-electron chi connectivity index (χ2n) is 4.40. The number of ketones is 1. The Morgan fingerprint density at radius 3 is 2.64 bits per heavy atom. The Hall–Kier alpha value is -2.82. The minimum absolute atomic E-state index is 0.0783. The van der Waals surface area contributed by atoms with Crippen molar-refractivity contribution < 1.29 is 19.1 Å². The summed E-state index contributed by atoms with van der Waals surface area (Å²) in [5, 5.41) is 0. The molecule has 1 rings (SSSR count). The predicted octanol–water partition coefficient (Wildman–Crippen LogP) is 1.39. The number of Topliss-reactive ketones (excluding diaryl/α,β-unsaturated/α-hetero) is 1.